The zero-order chi connectivity index (χ0) is 14.8. The molecule has 1 nitrogen and oxygen atoms in total. The fraction of sp³-hybridized carbons (Fsp3) is 0.600. The Morgan fingerprint density at radius 2 is 1.85 bits per heavy atom. The van der Waals surface area contributed by atoms with E-state index in [0.29, 0.717) is 4.47 Å². The van der Waals surface area contributed by atoms with Gasteiger partial charge in [0.25, 0.3) is 0 Å². The minimum Gasteiger partial charge on any atom is -0.382 e. The van der Waals surface area contributed by atoms with Gasteiger partial charge < -0.3 is 5.32 Å². The number of rotatable bonds is 3. The van der Waals surface area contributed by atoms with Crippen LogP contribution in [0.5, 0.6) is 0 Å². The zero-order valence-electron chi connectivity index (χ0n) is 11.4. The van der Waals surface area contributed by atoms with Crippen molar-refractivity contribution >= 4 is 21.6 Å². The summed E-state index contributed by atoms with van der Waals surface area (Å²) < 4.78 is 39.6. The molecule has 0 saturated heterocycles. The normalized spacial score (nSPS) is 23.6. The maximum atomic E-state index is 13.0. The number of halogens is 4. The van der Waals surface area contributed by atoms with Crippen molar-refractivity contribution in [2.45, 2.75) is 51.2 Å². The SMILES string of the molecule is CCC1CCC(Nc2cc(Br)ccc2C(F)(F)F)CC1. The van der Waals surface area contributed by atoms with E-state index in [9.17, 15) is 13.2 Å². The third-order valence-corrected chi connectivity index (χ3v) is 4.56. The Morgan fingerprint density at radius 1 is 1.20 bits per heavy atom. The molecule has 0 radical (unpaired) electrons. The van der Waals surface area contributed by atoms with E-state index in [1.165, 1.54) is 12.1 Å². The van der Waals surface area contributed by atoms with Gasteiger partial charge in [-0.05, 0) is 49.8 Å². The Bertz CT molecular complexity index is 451. The van der Waals surface area contributed by atoms with Gasteiger partial charge in [-0.1, -0.05) is 29.3 Å². The van der Waals surface area contributed by atoms with Gasteiger partial charge in [-0.3, -0.25) is 0 Å². The van der Waals surface area contributed by atoms with E-state index >= 15 is 0 Å². The van der Waals surface area contributed by atoms with Crippen molar-refractivity contribution in [3.63, 3.8) is 0 Å². The van der Waals surface area contributed by atoms with Gasteiger partial charge in [-0.15, -0.1) is 0 Å². The van der Waals surface area contributed by atoms with Crippen LogP contribution in [0.25, 0.3) is 0 Å². The molecule has 20 heavy (non-hydrogen) atoms. The molecule has 1 aliphatic rings. The van der Waals surface area contributed by atoms with E-state index in [0.717, 1.165) is 44.1 Å². The van der Waals surface area contributed by atoms with Gasteiger partial charge in [0, 0.05) is 16.2 Å². The van der Waals surface area contributed by atoms with Crippen LogP contribution in [0.1, 0.15) is 44.6 Å². The molecule has 0 amide bonds. The van der Waals surface area contributed by atoms with Gasteiger partial charge in [0.05, 0.1) is 5.56 Å². The Balaban J connectivity index is 2.11. The Kier molecular flexibility index (Phi) is 4.99. The lowest BCUT2D eigenvalue weighted by atomic mass is 9.84. The second-order valence-electron chi connectivity index (χ2n) is 5.46. The lowest BCUT2D eigenvalue weighted by Crippen LogP contribution is -2.27. The molecule has 112 valence electrons. The molecule has 1 aliphatic carbocycles. The molecular weight excluding hydrogens is 331 g/mol. The summed E-state index contributed by atoms with van der Waals surface area (Å²) in [6.07, 6.45) is 0.943. The second kappa shape index (κ2) is 6.37. The summed E-state index contributed by atoms with van der Waals surface area (Å²) >= 11 is 3.24. The van der Waals surface area contributed by atoms with Gasteiger partial charge in [0.15, 0.2) is 0 Å². The highest BCUT2D eigenvalue weighted by Gasteiger charge is 2.34. The minimum absolute atomic E-state index is 0.146. The van der Waals surface area contributed by atoms with Crippen LogP contribution in [0.4, 0.5) is 18.9 Å². The second-order valence-corrected chi connectivity index (χ2v) is 6.37. The first-order chi connectivity index (χ1) is 9.40. The molecular formula is C15H19BrF3N. The van der Waals surface area contributed by atoms with Crippen LogP contribution < -0.4 is 5.32 Å². The summed E-state index contributed by atoms with van der Waals surface area (Å²) in [5.74, 6) is 0.734. The number of alkyl halides is 3. The van der Waals surface area contributed by atoms with Crippen LogP contribution in [0, 0.1) is 5.92 Å². The van der Waals surface area contributed by atoms with E-state index in [1.807, 2.05) is 0 Å². The summed E-state index contributed by atoms with van der Waals surface area (Å²) in [6, 6.07) is 4.23. The molecule has 1 aromatic carbocycles. The van der Waals surface area contributed by atoms with Crippen molar-refractivity contribution in [3.05, 3.63) is 28.2 Å². The Morgan fingerprint density at radius 3 is 2.40 bits per heavy atom. The maximum absolute atomic E-state index is 13.0. The monoisotopic (exact) mass is 349 g/mol. The molecule has 0 spiro atoms. The largest absolute Gasteiger partial charge is 0.418 e. The highest BCUT2D eigenvalue weighted by molar-refractivity contribution is 9.10. The van der Waals surface area contributed by atoms with Crippen molar-refractivity contribution in [3.8, 4) is 0 Å². The van der Waals surface area contributed by atoms with Crippen LogP contribution in [0.15, 0.2) is 22.7 Å². The van der Waals surface area contributed by atoms with Crippen LogP contribution in [0.3, 0.4) is 0 Å². The molecule has 1 fully saturated rings. The first-order valence-electron chi connectivity index (χ1n) is 7.03. The fourth-order valence-corrected chi connectivity index (χ4v) is 3.18. The van der Waals surface area contributed by atoms with E-state index in [-0.39, 0.29) is 11.7 Å². The maximum Gasteiger partial charge on any atom is 0.418 e. The number of benzene rings is 1. The zero-order valence-corrected chi connectivity index (χ0v) is 13.0. The summed E-state index contributed by atoms with van der Waals surface area (Å²) in [4.78, 5) is 0. The first-order valence-corrected chi connectivity index (χ1v) is 7.82. The van der Waals surface area contributed by atoms with Crippen LogP contribution in [-0.4, -0.2) is 6.04 Å². The van der Waals surface area contributed by atoms with Crippen LogP contribution >= 0.6 is 15.9 Å². The minimum atomic E-state index is -4.32. The average Bonchev–Trinajstić information content (AvgIpc) is 2.38. The van der Waals surface area contributed by atoms with Crippen molar-refractivity contribution < 1.29 is 13.2 Å². The molecule has 5 heteroatoms. The van der Waals surface area contributed by atoms with E-state index in [2.05, 4.69) is 28.2 Å². The van der Waals surface area contributed by atoms with Gasteiger partial charge in [-0.2, -0.15) is 13.2 Å². The summed E-state index contributed by atoms with van der Waals surface area (Å²) in [7, 11) is 0. The van der Waals surface area contributed by atoms with Gasteiger partial charge in [0.2, 0.25) is 0 Å². The standard InChI is InChI=1S/C15H19BrF3N/c1-2-10-3-6-12(7-4-10)20-14-9-11(16)5-8-13(14)15(17,18)19/h5,8-10,12,20H,2-4,6-7H2,1H3. The highest BCUT2D eigenvalue weighted by Crippen LogP contribution is 2.38. The molecule has 0 aliphatic heterocycles. The molecule has 1 aromatic rings. The predicted molar refractivity (Wildman–Crippen MR) is 78.8 cm³/mol. The van der Waals surface area contributed by atoms with Gasteiger partial charge in [-0.25, -0.2) is 0 Å². The van der Waals surface area contributed by atoms with Crippen molar-refractivity contribution in [1.29, 1.82) is 0 Å². The third kappa shape index (κ3) is 3.90. The molecule has 0 heterocycles. The van der Waals surface area contributed by atoms with Gasteiger partial charge >= 0.3 is 6.18 Å². The Labute approximate surface area is 126 Å². The number of hydrogen-bond donors (Lipinski definition) is 1. The van der Waals surface area contributed by atoms with E-state index < -0.39 is 11.7 Å². The quantitative estimate of drug-likeness (QED) is 0.721. The summed E-state index contributed by atoms with van der Waals surface area (Å²) in [5.41, 5.74) is -0.398. The highest BCUT2D eigenvalue weighted by atomic mass is 79.9. The number of anilines is 1. The fourth-order valence-electron chi connectivity index (χ4n) is 2.82. The predicted octanol–water partition coefficient (Wildman–Crippen LogP) is 5.85. The number of nitrogens with one attached hydrogen (secondary N) is 1. The first kappa shape index (κ1) is 15.7. The van der Waals surface area contributed by atoms with Crippen LogP contribution in [0.2, 0.25) is 0 Å². The molecule has 0 atom stereocenters. The topological polar surface area (TPSA) is 12.0 Å². The lowest BCUT2D eigenvalue weighted by molar-refractivity contribution is -0.137. The molecule has 0 unspecified atom stereocenters. The summed E-state index contributed by atoms with van der Waals surface area (Å²) in [5, 5.41) is 3.09. The smallest absolute Gasteiger partial charge is 0.382 e. The average molecular weight is 350 g/mol. The third-order valence-electron chi connectivity index (χ3n) is 4.07. The van der Waals surface area contributed by atoms with Gasteiger partial charge in [0.1, 0.15) is 0 Å². The molecule has 0 bridgehead atoms. The Hall–Kier alpha value is -0.710. The molecule has 2 rings (SSSR count). The van der Waals surface area contributed by atoms with Crippen LogP contribution in [-0.2, 0) is 6.18 Å². The molecule has 1 saturated carbocycles. The molecule has 0 aromatic heterocycles. The van der Waals surface area contributed by atoms with E-state index in [4.69, 9.17) is 0 Å². The van der Waals surface area contributed by atoms with Crippen molar-refractivity contribution in [1.82, 2.24) is 0 Å². The summed E-state index contributed by atoms with van der Waals surface area (Å²) in [6.45, 7) is 2.18. The van der Waals surface area contributed by atoms with Crippen molar-refractivity contribution in [2.24, 2.45) is 5.92 Å². The molecule has 1 N–H and O–H groups in total. The number of hydrogen-bond acceptors (Lipinski definition) is 1. The lowest BCUT2D eigenvalue weighted by Gasteiger charge is -2.30. The van der Waals surface area contributed by atoms with E-state index in [1.54, 1.807) is 0 Å². The van der Waals surface area contributed by atoms with Crippen molar-refractivity contribution in [2.75, 3.05) is 5.32 Å².